The molecule has 1 atom stereocenters. The summed E-state index contributed by atoms with van der Waals surface area (Å²) < 4.78 is 0. The summed E-state index contributed by atoms with van der Waals surface area (Å²) in [5.74, 6) is 0.968. The highest BCUT2D eigenvalue weighted by Gasteiger charge is 2.16. The molecule has 1 unspecified atom stereocenters. The molecule has 0 aromatic carbocycles. The van der Waals surface area contributed by atoms with Gasteiger partial charge in [0, 0.05) is 6.04 Å². The second kappa shape index (κ2) is 5.84. The zero-order valence-corrected chi connectivity index (χ0v) is 8.20. The quantitative estimate of drug-likeness (QED) is 0.705. The highest BCUT2D eigenvalue weighted by atomic mass is 35.5. The average Bonchev–Trinajstić information content (AvgIpc) is 2.40. The molecule has 0 aromatic heterocycles. The Morgan fingerprint density at radius 1 is 1.36 bits per heavy atom. The lowest BCUT2D eigenvalue weighted by atomic mass is 9.98. The molecule has 0 radical (unpaired) electrons. The molecule has 1 aliphatic carbocycles. The minimum Gasteiger partial charge on any atom is -0.328 e. The zero-order valence-electron chi connectivity index (χ0n) is 7.38. The Kier molecular flexibility index (Phi) is 5.98. The van der Waals surface area contributed by atoms with Crippen LogP contribution < -0.4 is 5.73 Å². The zero-order chi connectivity index (χ0) is 7.40. The van der Waals surface area contributed by atoms with Crippen LogP contribution in [0.2, 0.25) is 0 Å². The van der Waals surface area contributed by atoms with E-state index in [-0.39, 0.29) is 12.4 Å². The molecular formula is C9H20ClN. The monoisotopic (exact) mass is 177 g/mol. The minimum absolute atomic E-state index is 0. The van der Waals surface area contributed by atoms with E-state index in [9.17, 15) is 0 Å². The van der Waals surface area contributed by atoms with Crippen LogP contribution >= 0.6 is 12.4 Å². The summed E-state index contributed by atoms with van der Waals surface area (Å²) in [7, 11) is 0. The Morgan fingerprint density at radius 3 is 2.36 bits per heavy atom. The fourth-order valence-corrected chi connectivity index (χ4v) is 1.84. The molecule has 0 heterocycles. The molecule has 0 aliphatic heterocycles. The van der Waals surface area contributed by atoms with Crippen molar-refractivity contribution in [1.29, 1.82) is 0 Å². The topological polar surface area (TPSA) is 26.0 Å². The molecule has 0 spiro atoms. The maximum absolute atomic E-state index is 5.85. The number of hydrogen-bond donors (Lipinski definition) is 1. The van der Waals surface area contributed by atoms with Crippen LogP contribution in [0, 0.1) is 5.92 Å². The molecule has 0 amide bonds. The molecule has 1 nitrogen and oxygen atoms in total. The molecule has 1 rings (SSSR count). The lowest BCUT2D eigenvalue weighted by Gasteiger charge is -2.13. The predicted molar refractivity (Wildman–Crippen MR) is 52.1 cm³/mol. The van der Waals surface area contributed by atoms with Gasteiger partial charge in [-0.3, -0.25) is 0 Å². The van der Waals surface area contributed by atoms with Crippen molar-refractivity contribution in [1.82, 2.24) is 0 Å². The molecule has 0 saturated heterocycles. The van der Waals surface area contributed by atoms with Crippen molar-refractivity contribution in [3.8, 4) is 0 Å². The van der Waals surface area contributed by atoms with Crippen LogP contribution in [0.1, 0.15) is 45.4 Å². The highest BCUT2D eigenvalue weighted by Crippen LogP contribution is 2.28. The molecule has 1 aliphatic rings. The van der Waals surface area contributed by atoms with Gasteiger partial charge in [0.1, 0.15) is 0 Å². The number of nitrogens with two attached hydrogens (primary N) is 1. The SMILES string of the molecule is CCC(N)CC1CCCC1.Cl. The smallest absolute Gasteiger partial charge is 0.00388 e. The normalized spacial score (nSPS) is 21.3. The van der Waals surface area contributed by atoms with Crippen molar-refractivity contribution in [3.63, 3.8) is 0 Å². The van der Waals surface area contributed by atoms with Crippen LogP contribution in [0.25, 0.3) is 0 Å². The highest BCUT2D eigenvalue weighted by molar-refractivity contribution is 5.85. The van der Waals surface area contributed by atoms with E-state index in [1.54, 1.807) is 0 Å². The van der Waals surface area contributed by atoms with Gasteiger partial charge in [-0.2, -0.15) is 0 Å². The van der Waals surface area contributed by atoms with Gasteiger partial charge in [-0.25, -0.2) is 0 Å². The summed E-state index contributed by atoms with van der Waals surface area (Å²) in [6.45, 7) is 2.18. The van der Waals surface area contributed by atoms with E-state index in [0.717, 1.165) is 12.3 Å². The van der Waals surface area contributed by atoms with Crippen LogP contribution in [0.5, 0.6) is 0 Å². The third-order valence-electron chi connectivity index (χ3n) is 2.64. The molecule has 0 aromatic rings. The number of hydrogen-bond acceptors (Lipinski definition) is 1. The summed E-state index contributed by atoms with van der Waals surface area (Å²) in [6, 6.07) is 0.475. The predicted octanol–water partition coefficient (Wildman–Crippen LogP) is 2.73. The van der Waals surface area contributed by atoms with Gasteiger partial charge in [0.05, 0.1) is 0 Å². The second-order valence-electron chi connectivity index (χ2n) is 3.55. The van der Waals surface area contributed by atoms with Gasteiger partial charge < -0.3 is 5.73 Å². The van der Waals surface area contributed by atoms with E-state index in [1.165, 1.54) is 32.1 Å². The fraction of sp³-hybridized carbons (Fsp3) is 1.00. The summed E-state index contributed by atoms with van der Waals surface area (Å²) in [6.07, 6.45) is 8.19. The van der Waals surface area contributed by atoms with Crippen LogP contribution in [0.4, 0.5) is 0 Å². The molecular weight excluding hydrogens is 158 g/mol. The van der Waals surface area contributed by atoms with Crippen molar-refractivity contribution >= 4 is 12.4 Å². The van der Waals surface area contributed by atoms with Gasteiger partial charge in [0.2, 0.25) is 0 Å². The van der Waals surface area contributed by atoms with Crippen LogP contribution in [0.15, 0.2) is 0 Å². The molecule has 11 heavy (non-hydrogen) atoms. The Hall–Kier alpha value is 0.250. The second-order valence-corrected chi connectivity index (χ2v) is 3.55. The fourth-order valence-electron chi connectivity index (χ4n) is 1.84. The van der Waals surface area contributed by atoms with Gasteiger partial charge in [-0.15, -0.1) is 12.4 Å². The van der Waals surface area contributed by atoms with Crippen molar-refractivity contribution in [2.45, 2.75) is 51.5 Å². The number of halogens is 1. The van der Waals surface area contributed by atoms with Crippen molar-refractivity contribution < 1.29 is 0 Å². The molecule has 1 fully saturated rings. The third kappa shape index (κ3) is 3.97. The summed E-state index contributed by atoms with van der Waals surface area (Å²) in [5.41, 5.74) is 5.85. The molecule has 2 heteroatoms. The van der Waals surface area contributed by atoms with E-state index < -0.39 is 0 Å². The maximum atomic E-state index is 5.85. The summed E-state index contributed by atoms with van der Waals surface area (Å²) >= 11 is 0. The molecule has 0 bridgehead atoms. The van der Waals surface area contributed by atoms with Gasteiger partial charge in [-0.05, 0) is 18.8 Å². The maximum Gasteiger partial charge on any atom is 0.00388 e. The Balaban J connectivity index is 0.000001000. The molecule has 68 valence electrons. The standard InChI is InChI=1S/C9H19N.ClH/c1-2-9(10)7-8-5-3-4-6-8;/h8-9H,2-7,10H2,1H3;1H. The number of rotatable bonds is 3. The first-order valence-corrected chi connectivity index (χ1v) is 4.58. The summed E-state index contributed by atoms with van der Waals surface area (Å²) in [4.78, 5) is 0. The van der Waals surface area contributed by atoms with Crippen molar-refractivity contribution in [3.05, 3.63) is 0 Å². The van der Waals surface area contributed by atoms with Gasteiger partial charge in [0.15, 0.2) is 0 Å². The first kappa shape index (κ1) is 11.2. The average molecular weight is 178 g/mol. The van der Waals surface area contributed by atoms with Gasteiger partial charge >= 0.3 is 0 Å². The molecule has 1 saturated carbocycles. The first-order chi connectivity index (χ1) is 4.83. The summed E-state index contributed by atoms with van der Waals surface area (Å²) in [5, 5.41) is 0. The van der Waals surface area contributed by atoms with Crippen LogP contribution in [0.3, 0.4) is 0 Å². The van der Waals surface area contributed by atoms with E-state index in [2.05, 4.69) is 6.92 Å². The lowest BCUT2D eigenvalue weighted by molar-refractivity contribution is 0.435. The Labute approximate surface area is 76.1 Å². The van der Waals surface area contributed by atoms with Crippen molar-refractivity contribution in [2.75, 3.05) is 0 Å². The van der Waals surface area contributed by atoms with Gasteiger partial charge in [0.25, 0.3) is 0 Å². The third-order valence-corrected chi connectivity index (χ3v) is 2.64. The van der Waals surface area contributed by atoms with Gasteiger partial charge in [-0.1, -0.05) is 32.6 Å². The first-order valence-electron chi connectivity index (χ1n) is 4.58. The Bertz CT molecular complexity index is 89.6. The largest absolute Gasteiger partial charge is 0.328 e. The van der Waals surface area contributed by atoms with Crippen LogP contribution in [-0.4, -0.2) is 6.04 Å². The van der Waals surface area contributed by atoms with E-state index in [0.29, 0.717) is 6.04 Å². The van der Waals surface area contributed by atoms with Crippen LogP contribution in [-0.2, 0) is 0 Å². The van der Waals surface area contributed by atoms with Crippen molar-refractivity contribution in [2.24, 2.45) is 11.7 Å². The van der Waals surface area contributed by atoms with E-state index >= 15 is 0 Å². The Morgan fingerprint density at radius 2 is 1.91 bits per heavy atom. The van der Waals surface area contributed by atoms with E-state index in [4.69, 9.17) is 5.73 Å². The lowest BCUT2D eigenvalue weighted by Crippen LogP contribution is -2.21. The molecule has 2 N–H and O–H groups in total. The van der Waals surface area contributed by atoms with E-state index in [1.807, 2.05) is 0 Å². The minimum atomic E-state index is 0.